The second-order valence-electron chi connectivity index (χ2n) is 5.89. The van der Waals surface area contributed by atoms with Gasteiger partial charge in [0.1, 0.15) is 5.76 Å². The summed E-state index contributed by atoms with van der Waals surface area (Å²) in [5.41, 5.74) is 2.61. The molecule has 2 aromatic carbocycles. The van der Waals surface area contributed by atoms with Crippen molar-refractivity contribution in [1.82, 2.24) is 10.3 Å². The Kier molecular flexibility index (Phi) is 6.83. The standard InChI is InChI=1S/C20H18Cl2N2O2S/c1-13-18(24-20(26-13)14-6-8-16(21)9-7-14)11-27-12-19(25)23-10-15-4-2-3-5-17(15)22/h2-9H,10-12H2,1H3,(H,23,25). The molecular formula is C20H18Cl2N2O2S. The van der Waals surface area contributed by atoms with E-state index in [0.717, 1.165) is 22.6 Å². The maximum absolute atomic E-state index is 12.0. The minimum atomic E-state index is -0.0426. The number of oxazole rings is 1. The number of aromatic nitrogens is 1. The van der Waals surface area contributed by atoms with Gasteiger partial charge in [0.05, 0.1) is 11.4 Å². The van der Waals surface area contributed by atoms with Crippen molar-refractivity contribution >= 4 is 40.9 Å². The average Bonchev–Trinajstić information content (AvgIpc) is 3.02. The Morgan fingerprint density at radius 1 is 1.15 bits per heavy atom. The quantitative estimate of drug-likeness (QED) is 0.547. The fourth-order valence-electron chi connectivity index (χ4n) is 2.40. The average molecular weight is 421 g/mol. The third kappa shape index (κ3) is 5.51. The molecule has 0 fully saturated rings. The number of halogens is 2. The van der Waals surface area contributed by atoms with Gasteiger partial charge in [-0.1, -0.05) is 41.4 Å². The van der Waals surface area contributed by atoms with Gasteiger partial charge in [-0.05, 0) is 42.8 Å². The highest BCUT2D eigenvalue weighted by Crippen LogP contribution is 2.25. The summed E-state index contributed by atoms with van der Waals surface area (Å²) < 4.78 is 5.73. The molecule has 27 heavy (non-hydrogen) atoms. The van der Waals surface area contributed by atoms with E-state index < -0.39 is 0 Å². The number of hydrogen-bond acceptors (Lipinski definition) is 4. The number of nitrogens with one attached hydrogen (secondary N) is 1. The predicted octanol–water partition coefficient (Wildman–Crippen LogP) is 5.51. The first-order valence-corrected chi connectivity index (χ1v) is 10.2. The van der Waals surface area contributed by atoms with Gasteiger partial charge in [0.25, 0.3) is 0 Å². The zero-order valence-electron chi connectivity index (χ0n) is 14.7. The largest absolute Gasteiger partial charge is 0.441 e. The molecule has 0 aliphatic carbocycles. The van der Waals surface area contributed by atoms with Gasteiger partial charge in [-0.2, -0.15) is 0 Å². The molecule has 1 amide bonds. The first-order valence-electron chi connectivity index (χ1n) is 8.33. The number of nitrogens with zero attached hydrogens (tertiary/aromatic N) is 1. The zero-order valence-corrected chi connectivity index (χ0v) is 17.0. The van der Waals surface area contributed by atoms with E-state index in [1.807, 2.05) is 43.3 Å². The van der Waals surface area contributed by atoms with E-state index in [1.165, 1.54) is 11.8 Å². The highest BCUT2D eigenvalue weighted by Gasteiger charge is 2.12. The summed E-state index contributed by atoms with van der Waals surface area (Å²) in [6.45, 7) is 2.29. The first kappa shape index (κ1) is 19.8. The van der Waals surface area contributed by atoms with E-state index in [9.17, 15) is 4.79 Å². The molecule has 3 aromatic rings. The summed E-state index contributed by atoms with van der Waals surface area (Å²) in [5, 5.41) is 4.19. The Morgan fingerprint density at radius 2 is 1.89 bits per heavy atom. The molecule has 0 saturated heterocycles. The first-order chi connectivity index (χ1) is 13.0. The monoisotopic (exact) mass is 420 g/mol. The normalized spacial score (nSPS) is 10.8. The molecule has 1 aromatic heterocycles. The predicted molar refractivity (Wildman–Crippen MR) is 111 cm³/mol. The van der Waals surface area contributed by atoms with E-state index >= 15 is 0 Å². The van der Waals surface area contributed by atoms with Crippen molar-refractivity contribution in [3.05, 3.63) is 75.6 Å². The summed E-state index contributed by atoms with van der Waals surface area (Å²) in [6, 6.07) is 14.8. The molecule has 0 unspecified atom stereocenters. The third-order valence-electron chi connectivity index (χ3n) is 3.89. The number of carbonyl (C=O) groups excluding carboxylic acids is 1. The van der Waals surface area contributed by atoms with Crippen LogP contribution in [0.25, 0.3) is 11.5 Å². The van der Waals surface area contributed by atoms with Crippen LogP contribution in [-0.2, 0) is 17.1 Å². The lowest BCUT2D eigenvalue weighted by atomic mass is 10.2. The molecule has 4 nitrogen and oxygen atoms in total. The third-order valence-corrected chi connectivity index (χ3v) is 5.45. The minimum Gasteiger partial charge on any atom is -0.441 e. The SMILES string of the molecule is Cc1oc(-c2ccc(Cl)cc2)nc1CSCC(=O)NCc1ccccc1Cl. The van der Waals surface area contributed by atoms with Crippen LogP contribution in [0.4, 0.5) is 0 Å². The van der Waals surface area contributed by atoms with E-state index in [-0.39, 0.29) is 5.91 Å². The summed E-state index contributed by atoms with van der Waals surface area (Å²) in [7, 11) is 0. The maximum atomic E-state index is 12.0. The van der Waals surface area contributed by atoms with Crippen LogP contribution in [-0.4, -0.2) is 16.6 Å². The molecule has 7 heteroatoms. The fraction of sp³-hybridized carbons (Fsp3) is 0.200. The number of hydrogen-bond donors (Lipinski definition) is 1. The topological polar surface area (TPSA) is 55.1 Å². The van der Waals surface area contributed by atoms with Crippen LogP contribution < -0.4 is 5.32 Å². The summed E-state index contributed by atoms with van der Waals surface area (Å²) in [5.74, 6) is 2.21. The molecule has 3 rings (SSSR count). The van der Waals surface area contributed by atoms with E-state index in [4.69, 9.17) is 27.6 Å². The number of rotatable bonds is 7. The molecule has 1 N–H and O–H groups in total. The second-order valence-corrected chi connectivity index (χ2v) is 7.72. The van der Waals surface area contributed by atoms with Crippen LogP contribution in [0, 0.1) is 6.92 Å². The van der Waals surface area contributed by atoms with Crippen LogP contribution >= 0.6 is 35.0 Å². The molecule has 0 radical (unpaired) electrons. The number of amides is 1. The molecule has 0 saturated carbocycles. The van der Waals surface area contributed by atoms with Crippen molar-refractivity contribution in [2.45, 2.75) is 19.2 Å². The van der Waals surface area contributed by atoms with Crippen LogP contribution in [0.1, 0.15) is 17.0 Å². The van der Waals surface area contributed by atoms with Crippen molar-refractivity contribution < 1.29 is 9.21 Å². The Balaban J connectivity index is 1.49. The second kappa shape index (κ2) is 9.31. The van der Waals surface area contributed by atoms with Gasteiger partial charge in [-0.3, -0.25) is 4.79 Å². The number of carbonyl (C=O) groups is 1. The van der Waals surface area contributed by atoms with Gasteiger partial charge in [-0.15, -0.1) is 11.8 Å². The van der Waals surface area contributed by atoms with Crippen molar-refractivity contribution in [1.29, 1.82) is 0 Å². The van der Waals surface area contributed by atoms with Crippen LogP contribution in [0.2, 0.25) is 10.0 Å². The lowest BCUT2D eigenvalue weighted by Gasteiger charge is -2.06. The molecule has 140 valence electrons. The van der Waals surface area contributed by atoms with Crippen LogP contribution in [0.3, 0.4) is 0 Å². The molecule has 0 atom stereocenters. The van der Waals surface area contributed by atoms with E-state index in [0.29, 0.717) is 34.0 Å². The lowest BCUT2D eigenvalue weighted by Crippen LogP contribution is -2.24. The molecule has 0 spiro atoms. The Bertz CT molecular complexity index is 926. The molecule has 0 aliphatic rings. The molecule has 0 bridgehead atoms. The summed E-state index contributed by atoms with van der Waals surface area (Å²) >= 11 is 13.5. The van der Waals surface area contributed by atoms with Crippen LogP contribution in [0.15, 0.2) is 52.9 Å². The van der Waals surface area contributed by atoms with Gasteiger partial charge in [0, 0.05) is 27.9 Å². The number of aryl methyl sites for hydroxylation is 1. The van der Waals surface area contributed by atoms with Gasteiger partial charge in [0.2, 0.25) is 11.8 Å². The van der Waals surface area contributed by atoms with E-state index in [2.05, 4.69) is 10.3 Å². The summed E-state index contributed by atoms with van der Waals surface area (Å²) in [6.07, 6.45) is 0. The Morgan fingerprint density at radius 3 is 2.63 bits per heavy atom. The van der Waals surface area contributed by atoms with Gasteiger partial charge in [-0.25, -0.2) is 4.98 Å². The Labute approximate surface area is 172 Å². The highest BCUT2D eigenvalue weighted by atomic mass is 35.5. The number of benzene rings is 2. The highest BCUT2D eigenvalue weighted by molar-refractivity contribution is 7.99. The zero-order chi connectivity index (χ0) is 19.2. The lowest BCUT2D eigenvalue weighted by molar-refractivity contribution is -0.118. The molecule has 0 aliphatic heterocycles. The van der Waals surface area contributed by atoms with Crippen molar-refractivity contribution in [2.24, 2.45) is 0 Å². The van der Waals surface area contributed by atoms with Crippen molar-refractivity contribution in [3.63, 3.8) is 0 Å². The maximum Gasteiger partial charge on any atom is 0.230 e. The van der Waals surface area contributed by atoms with E-state index in [1.54, 1.807) is 12.1 Å². The molecular weight excluding hydrogens is 403 g/mol. The van der Waals surface area contributed by atoms with Crippen LogP contribution in [0.5, 0.6) is 0 Å². The van der Waals surface area contributed by atoms with Gasteiger partial charge in [0.15, 0.2) is 0 Å². The summed E-state index contributed by atoms with van der Waals surface area (Å²) in [4.78, 5) is 16.6. The van der Waals surface area contributed by atoms with Crippen molar-refractivity contribution in [3.8, 4) is 11.5 Å². The fourth-order valence-corrected chi connectivity index (χ4v) is 3.58. The van der Waals surface area contributed by atoms with Crippen molar-refractivity contribution in [2.75, 3.05) is 5.75 Å². The molecule has 1 heterocycles. The van der Waals surface area contributed by atoms with Gasteiger partial charge >= 0.3 is 0 Å². The van der Waals surface area contributed by atoms with Gasteiger partial charge < -0.3 is 9.73 Å². The minimum absolute atomic E-state index is 0.0426. The smallest absolute Gasteiger partial charge is 0.230 e. The number of thioether (sulfide) groups is 1. The Hall–Kier alpha value is -1.95.